The Morgan fingerprint density at radius 3 is 2.71 bits per heavy atom. The molecule has 0 saturated carbocycles. The second kappa shape index (κ2) is 7.74. The van der Waals surface area contributed by atoms with Crippen LogP contribution in [0.2, 0.25) is 0 Å². The van der Waals surface area contributed by atoms with Crippen LogP contribution < -0.4 is 5.32 Å². The van der Waals surface area contributed by atoms with Crippen molar-refractivity contribution in [2.24, 2.45) is 0 Å². The van der Waals surface area contributed by atoms with Crippen molar-refractivity contribution in [2.45, 2.75) is 52.2 Å². The standard InChI is InChI=1S/C12H23N3OS/c1-5-10(13-6-2)12-15-14-11(17-12)8-7-9(3)16-4/h9-10,13H,5-8H2,1-4H3. The Bertz CT molecular complexity index is 316. The molecule has 0 saturated heterocycles. The molecular weight excluding hydrogens is 234 g/mol. The Hall–Kier alpha value is -0.520. The molecule has 2 unspecified atom stereocenters. The molecule has 0 aliphatic heterocycles. The minimum Gasteiger partial charge on any atom is -0.382 e. The lowest BCUT2D eigenvalue weighted by Gasteiger charge is -2.11. The summed E-state index contributed by atoms with van der Waals surface area (Å²) < 4.78 is 5.23. The van der Waals surface area contributed by atoms with E-state index in [0.29, 0.717) is 6.04 Å². The quantitative estimate of drug-likeness (QED) is 0.777. The SMILES string of the molecule is CCNC(CC)c1nnc(CCC(C)OC)s1. The van der Waals surface area contributed by atoms with Gasteiger partial charge in [-0.2, -0.15) is 0 Å². The molecule has 5 heteroatoms. The molecule has 0 aliphatic carbocycles. The summed E-state index contributed by atoms with van der Waals surface area (Å²) in [7, 11) is 1.74. The molecule has 0 aliphatic rings. The van der Waals surface area contributed by atoms with E-state index < -0.39 is 0 Å². The highest BCUT2D eigenvalue weighted by molar-refractivity contribution is 7.11. The zero-order chi connectivity index (χ0) is 12.7. The Morgan fingerprint density at radius 2 is 2.12 bits per heavy atom. The van der Waals surface area contributed by atoms with Crippen molar-refractivity contribution in [3.05, 3.63) is 10.0 Å². The Balaban J connectivity index is 2.51. The summed E-state index contributed by atoms with van der Waals surface area (Å²) in [5.41, 5.74) is 0. The van der Waals surface area contributed by atoms with E-state index in [4.69, 9.17) is 4.74 Å². The minimum absolute atomic E-state index is 0.290. The summed E-state index contributed by atoms with van der Waals surface area (Å²) in [5.74, 6) is 0. The van der Waals surface area contributed by atoms with Gasteiger partial charge in [0, 0.05) is 13.5 Å². The van der Waals surface area contributed by atoms with Crippen LogP contribution in [0.4, 0.5) is 0 Å². The fourth-order valence-corrected chi connectivity index (χ4v) is 2.62. The molecule has 0 spiro atoms. The summed E-state index contributed by atoms with van der Waals surface area (Å²) in [4.78, 5) is 0. The maximum Gasteiger partial charge on any atom is 0.134 e. The molecule has 1 heterocycles. The van der Waals surface area contributed by atoms with Crippen LogP contribution in [-0.2, 0) is 11.2 Å². The summed E-state index contributed by atoms with van der Waals surface area (Å²) in [6.45, 7) is 7.33. The second-order valence-corrected chi connectivity index (χ2v) is 5.23. The van der Waals surface area contributed by atoms with Crippen molar-refractivity contribution >= 4 is 11.3 Å². The summed E-state index contributed by atoms with van der Waals surface area (Å²) >= 11 is 1.72. The highest BCUT2D eigenvalue weighted by Crippen LogP contribution is 2.21. The van der Waals surface area contributed by atoms with Gasteiger partial charge in [-0.1, -0.05) is 25.2 Å². The predicted molar refractivity (Wildman–Crippen MR) is 71.4 cm³/mol. The van der Waals surface area contributed by atoms with Gasteiger partial charge in [-0.15, -0.1) is 10.2 Å². The number of hydrogen-bond donors (Lipinski definition) is 1. The third-order valence-corrected chi connectivity index (χ3v) is 3.90. The first-order chi connectivity index (χ1) is 8.21. The van der Waals surface area contributed by atoms with Gasteiger partial charge in [0.05, 0.1) is 12.1 Å². The van der Waals surface area contributed by atoms with Gasteiger partial charge in [-0.05, 0) is 26.3 Å². The number of nitrogens with zero attached hydrogens (tertiary/aromatic N) is 2. The first-order valence-electron chi connectivity index (χ1n) is 6.29. The zero-order valence-electron chi connectivity index (χ0n) is 11.2. The smallest absolute Gasteiger partial charge is 0.134 e. The fourth-order valence-electron chi connectivity index (χ4n) is 1.61. The Kier molecular flexibility index (Phi) is 6.62. The van der Waals surface area contributed by atoms with E-state index in [1.54, 1.807) is 18.4 Å². The molecule has 0 radical (unpaired) electrons. The van der Waals surface area contributed by atoms with E-state index in [2.05, 4.69) is 36.3 Å². The molecule has 17 heavy (non-hydrogen) atoms. The topological polar surface area (TPSA) is 47.0 Å². The molecule has 1 aromatic heterocycles. The Morgan fingerprint density at radius 1 is 1.35 bits per heavy atom. The average Bonchev–Trinajstić information content (AvgIpc) is 2.81. The van der Waals surface area contributed by atoms with Gasteiger partial charge in [0.2, 0.25) is 0 Å². The van der Waals surface area contributed by atoms with Crippen LogP contribution in [0, 0.1) is 0 Å². The molecule has 1 N–H and O–H groups in total. The van der Waals surface area contributed by atoms with Crippen molar-refractivity contribution in [2.75, 3.05) is 13.7 Å². The highest BCUT2D eigenvalue weighted by atomic mass is 32.1. The van der Waals surface area contributed by atoms with Gasteiger partial charge >= 0.3 is 0 Å². The lowest BCUT2D eigenvalue weighted by Crippen LogP contribution is -2.19. The monoisotopic (exact) mass is 257 g/mol. The summed E-state index contributed by atoms with van der Waals surface area (Å²) in [5, 5.41) is 14.2. The summed E-state index contributed by atoms with van der Waals surface area (Å²) in [6.07, 6.45) is 3.30. The maximum absolute atomic E-state index is 5.23. The molecule has 1 aromatic rings. The molecule has 4 nitrogen and oxygen atoms in total. The third-order valence-electron chi connectivity index (χ3n) is 2.81. The third kappa shape index (κ3) is 4.69. The largest absolute Gasteiger partial charge is 0.382 e. The number of rotatable bonds is 8. The van der Waals surface area contributed by atoms with E-state index >= 15 is 0 Å². The van der Waals surface area contributed by atoms with Crippen molar-refractivity contribution in [1.29, 1.82) is 0 Å². The van der Waals surface area contributed by atoms with Crippen LogP contribution in [0.5, 0.6) is 0 Å². The van der Waals surface area contributed by atoms with Gasteiger partial charge in [-0.25, -0.2) is 0 Å². The molecule has 2 atom stereocenters. The van der Waals surface area contributed by atoms with Crippen LogP contribution in [0.3, 0.4) is 0 Å². The molecule has 0 amide bonds. The Labute approximate surface area is 108 Å². The number of nitrogens with one attached hydrogen (secondary N) is 1. The van der Waals surface area contributed by atoms with Crippen LogP contribution in [-0.4, -0.2) is 30.0 Å². The molecule has 0 fully saturated rings. The van der Waals surface area contributed by atoms with Gasteiger partial charge in [0.15, 0.2) is 0 Å². The van der Waals surface area contributed by atoms with Crippen LogP contribution in [0.25, 0.3) is 0 Å². The van der Waals surface area contributed by atoms with E-state index in [1.807, 2.05) is 0 Å². The normalized spacial score (nSPS) is 14.8. The molecular formula is C12H23N3OS. The molecule has 0 bridgehead atoms. The lowest BCUT2D eigenvalue weighted by atomic mass is 10.2. The van der Waals surface area contributed by atoms with E-state index in [9.17, 15) is 0 Å². The van der Waals surface area contributed by atoms with Gasteiger partial charge < -0.3 is 10.1 Å². The van der Waals surface area contributed by atoms with Crippen LogP contribution >= 0.6 is 11.3 Å². The van der Waals surface area contributed by atoms with Crippen molar-refractivity contribution < 1.29 is 4.74 Å². The van der Waals surface area contributed by atoms with E-state index in [-0.39, 0.29) is 6.10 Å². The van der Waals surface area contributed by atoms with Crippen molar-refractivity contribution in [1.82, 2.24) is 15.5 Å². The first kappa shape index (κ1) is 14.5. The zero-order valence-corrected chi connectivity index (χ0v) is 12.0. The average molecular weight is 257 g/mol. The predicted octanol–water partition coefficient (Wildman–Crippen LogP) is 2.57. The molecule has 98 valence electrons. The van der Waals surface area contributed by atoms with Gasteiger partial charge in [0.1, 0.15) is 10.0 Å². The maximum atomic E-state index is 5.23. The number of aryl methyl sites for hydroxylation is 1. The van der Waals surface area contributed by atoms with Gasteiger partial charge in [0.25, 0.3) is 0 Å². The lowest BCUT2D eigenvalue weighted by molar-refractivity contribution is 0.111. The van der Waals surface area contributed by atoms with E-state index in [0.717, 1.165) is 35.8 Å². The van der Waals surface area contributed by atoms with Crippen LogP contribution in [0.15, 0.2) is 0 Å². The molecule has 1 rings (SSSR count). The van der Waals surface area contributed by atoms with Crippen molar-refractivity contribution in [3.8, 4) is 0 Å². The van der Waals surface area contributed by atoms with Gasteiger partial charge in [-0.3, -0.25) is 0 Å². The number of methoxy groups -OCH3 is 1. The summed E-state index contributed by atoms with van der Waals surface area (Å²) in [6, 6.07) is 0.353. The number of aromatic nitrogens is 2. The van der Waals surface area contributed by atoms with Crippen molar-refractivity contribution in [3.63, 3.8) is 0 Å². The minimum atomic E-state index is 0.290. The molecule has 0 aromatic carbocycles. The first-order valence-corrected chi connectivity index (χ1v) is 7.11. The second-order valence-electron chi connectivity index (χ2n) is 4.14. The number of hydrogen-bond acceptors (Lipinski definition) is 5. The van der Waals surface area contributed by atoms with Crippen LogP contribution in [0.1, 0.15) is 49.7 Å². The van der Waals surface area contributed by atoms with E-state index in [1.165, 1.54) is 0 Å². The fraction of sp³-hybridized carbons (Fsp3) is 0.833. The highest BCUT2D eigenvalue weighted by Gasteiger charge is 2.14. The number of ether oxygens (including phenoxy) is 1.